The van der Waals surface area contributed by atoms with Crippen molar-refractivity contribution in [2.45, 2.75) is 65.8 Å². The first kappa shape index (κ1) is 21.9. The fourth-order valence-electron chi connectivity index (χ4n) is 4.02. The normalized spacial score (nSPS) is 20.0. The minimum Gasteiger partial charge on any atom is -0.444 e. The number of hydrogen-bond donors (Lipinski definition) is 0. The Morgan fingerprint density at radius 3 is 2.50 bits per heavy atom. The Bertz CT molecular complexity index is 1030. The van der Waals surface area contributed by atoms with Crippen LogP contribution in [0.4, 0.5) is 10.5 Å². The summed E-state index contributed by atoms with van der Waals surface area (Å²) >= 11 is 0. The first-order valence-corrected chi connectivity index (χ1v) is 10.3. The largest absolute Gasteiger partial charge is 0.444 e. The van der Waals surface area contributed by atoms with Crippen LogP contribution < -0.4 is 10.5 Å². The molecule has 2 aromatic heterocycles. The fraction of sp³-hybridized carbons (Fsp3) is 0.619. The minimum atomic E-state index is -0.562. The van der Waals surface area contributed by atoms with Crippen LogP contribution >= 0.6 is 0 Å². The summed E-state index contributed by atoms with van der Waals surface area (Å²) in [5, 5.41) is 0. The highest BCUT2D eigenvalue weighted by Gasteiger charge is 2.36. The van der Waals surface area contributed by atoms with Crippen LogP contribution in [-0.2, 0) is 18.3 Å². The number of piperazine rings is 1. The Morgan fingerprint density at radius 1 is 1.27 bits per heavy atom. The molecular formula is C21H31N5O4. The lowest BCUT2D eigenvalue weighted by molar-refractivity contribution is 0.0130. The second-order valence-corrected chi connectivity index (χ2v) is 8.91. The lowest BCUT2D eigenvalue weighted by atomic mass is 10.1. The number of imidazole rings is 1. The van der Waals surface area contributed by atoms with Crippen molar-refractivity contribution in [1.29, 1.82) is 0 Å². The number of amides is 1. The average molecular weight is 418 g/mol. The highest BCUT2D eigenvalue weighted by molar-refractivity contribution is 5.90. The van der Waals surface area contributed by atoms with Crippen LogP contribution in [0.2, 0.25) is 0 Å². The maximum absolute atomic E-state index is 12.7. The molecule has 1 aliphatic heterocycles. The molecule has 0 radical (unpaired) electrons. The summed E-state index contributed by atoms with van der Waals surface area (Å²) in [6.07, 6.45) is 0.374. The van der Waals surface area contributed by atoms with E-state index in [0.29, 0.717) is 48.6 Å². The number of pyridine rings is 1. The van der Waals surface area contributed by atoms with Crippen molar-refractivity contribution in [1.82, 2.24) is 19.0 Å². The zero-order chi connectivity index (χ0) is 22.4. The maximum Gasteiger partial charge on any atom is 0.410 e. The van der Waals surface area contributed by atoms with Crippen LogP contribution in [0.5, 0.6) is 0 Å². The van der Waals surface area contributed by atoms with Gasteiger partial charge in [-0.25, -0.2) is 9.78 Å². The maximum atomic E-state index is 12.7. The van der Waals surface area contributed by atoms with Gasteiger partial charge in [0, 0.05) is 44.8 Å². The standard InChI is InChI=1S/C21H31N5O4/c1-8-24-16(12-27)22-18-15(9-17(28)23(7)19(18)24)25-10-14(3)26(11-13(25)2)20(29)30-21(4,5)6/h9,12-14H,8,10-11H2,1-7H3/t13-,14+/m0/s1. The summed E-state index contributed by atoms with van der Waals surface area (Å²) in [6, 6.07) is 1.39. The number of carbonyl (C=O) groups excluding carboxylic acids is 2. The summed E-state index contributed by atoms with van der Waals surface area (Å²) in [6.45, 7) is 12.9. The van der Waals surface area contributed by atoms with E-state index in [9.17, 15) is 14.4 Å². The third kappa shape index (κ3) is 3.80. The molecule has 0 unspecified atom stereocenters. The lowest BCUT2D eigenvalue weighted by Crippen LogP contribution is -2.59. The molecule has 30 heavy (non-hydrogen) atoms. The second kappa shape index (κ2) is 7.77. The van der Waals surface area contributed by atoms with Gasteiger partial charge in [0.05, 0.1) is 5.69 Å². The number of ether oxygens (including phenoxy) is 1. The number of carbonyl (C=O) groups is 2. The Morgan fingerprint density at radius 2 is 1.93 bits per heavy atom. The number of nitrogens with zero attached hydrogens (tertiary/aromatic N) is 5. The van der Waals surface area contributed by atoms with Gasteiger partial charge in [-0.05, 0) is 41.5 Å². The smallest absolute Gasteiger partial charge is 0.410 e. The zero-order valence-corrected chi connectivity index (χ0v) is 18.8. The molecule has 0 N–H and O–H groups in total. The van der Waals surface area contributed by atoms with E-state index in [1.165, 1.54) is 4.57 Å². The summed E-state index contributed by atoms with van der Waals surface area (Å²) in [5.74, 6) is 0.294. The van der Waals surface area contributed by atoms with Gasteiger partial charge in [0.1, 0.15) is 16.8 Å². The Labute approximate surface area is 176 Å². The van der Waals surface area contributed by atoms with Crippen molar-refractivity contribution in [3.8, 4) is 0 Å². The van der Waals surface area contributed by atoms with Gasteiger partial charge < -0.3 is 19.1 Å². The van der Waals surface area contributed by atoms with Crippen LogP contribution in [0.25, 0.3) is 11.2 Å². The molecule has 1 saturated heterocycles. The number of fused-ring (bicyclic) bond motifs is 1. The predicted molar refractivity (Wildman–Crippen MR) is 115 cm³/mol. The van der Waals surface area contributed by atoms with Crippen LogP contribution in [0.1, 0.15) is 52.2 Å². The first-order chi connectivity index (χ1) is 14.0. The van der Waals surface area contributed by atoms with E-state index in [4.69, 9.17) is 4.74 Å². The third-order valence-electron chi connectivity index (χ3n) is 5.47. The highest BCUT2D eigenvalue weighted by atomic mass is 16.6. The van der Waals surface area contributed by atoms with E-state index < -0.39 is 5.60 Å². The number of rotatable bonds is 3. The van der Waals surface area contributed by atoms with E-state index in [2.05, 4.69) is 9.88 Å². The third-order valence-corrected chi connectivity index (χ3v) is 5.47. The topological polar surface area (TPSA) is 89.7 Å². The molecule has 2 atom stereocenters. The van der Waals surface area contributed by atoms with Gasteiger partial charge in [0.25, 0.3) is 5.56 Å². The molecule has 2 aromatic rings. The molecule has 9 nitrogen and oxygen atoms in total. The van der Waals surface area contributed by atoms with Crippen LogP contribution in [-0.4, -0.2) is 62.2 Å². The van der Waals surface area contributed by atoms with Gasteiger partial charge in [0.2, 0.25) is 0 Å². The molecule has 0 saturated carbocycles. The molecular weight excluding hydrogens is 386 g/mol. The van der Waals surface area contributed by atoms with Crippen molar-refractivity contribution in [3.63, 3.8) is 0 Å². The predicted octanol–water partition coefficient (Wildman–Crippen LogP) is 2.40. The first-order valence-electron chi connectivity index (χ1n) is 10.3. The molecule has 1 amide bonds. The molecule has 3 rings (SSSR count). The molecule has 0 bridgehead atoms. The van der Waals surface area contributed by atoms with E-state index in [0.717, 1.165) is 0 Å². The van der Waals surface area contributed by atoms with E-state index in [1.807, 2.05) is 41.5 Å². The van der Waals surface area contributed by atoms with Gasteiger partial charge in [-0.2, -0.15) is 0 Å². The zero-order valence-electron chi connectivity index (χ0n) is 18.8. The van der Waals surface area contributed by atoms with Crippen LogP contribution in [0, 0.1) is 0 Å². The fourth-order valence-corrected chi connectivity index (χ4v) is 4.02. The van der Waals surface area contributed by atoms with E-state index in [-0.39, 0.29) is 23.7 Å². The molecule has 1 fully saturated rings. The summed E-state index contributed by atoms with van der Waals surface area (Å²) in [4.78, 5) is 45.2. The summed E-state index contributed by atoms with van der Waals surface area (Å²) in [5.41, 5.74) is 1.20. The van der Waals surface area contributed by atoms with Crippen molar-refractivity contribution in [2.24, 2.45) is 7.05 Å². The average Bonchev–Trinajstić information content (AvgIpc) is 3.03. The van der Waals surface area contributed by atoms with Gasteiger partial charge in [-0.3, -0.25) is 14.2 Å². The number of hydrogen-bond acceptors (Lipinski definition) is 6. The Hall–Kier alpha value is -2.84. The quantitative estimate of drug-likeness (QED) is 0.713. The minimum absolute atomic E-state index is 0.0597. The Kier molecular flexibility index (Phi) is 5.66. The van der Waals surface area contributed by atoms with E-state index >= 15 is 0 Å². The SMILES string of the molecule is CCn1c(C=O)nc2c(N3C[C@@H](C)N(C(=O)OC(C)(C)C)C[C@@H]3C)cc(=O)n(C)c21. The van der Waals surface area contributed by atoms with E-state index in [1.54, 1.807) is 22.6 Å². The summed E-state index contributed by atoms with van der Waals surface area (Å²) in [7, 11) is 1.68. The molecule has 3 heterocycles. The van der Waals surface area contributed by atoms with Gasteiger partial charge in [0.15, 0.2) is 12.1 Å². The van der Waals surface area contributed by atoms with Gasteiger partial charge in [-0.15, -0.1) is 0 Å². The number of aryl methyl sites for hydroxylation is 2. The lowest BCUT2D eigenvalue weighted by Gasteiger charge is -2.45. The monoisotopic (exact) mass is 417 g/mol. The Balaban J connectivity index is 2.02. The van der Waals surface area contributed by atoms with Crippen molar-refractivity contribution >= 4 is 29.2 Å². The molecule has 0 aliphatic carbocycles. The van der Waals surface area contributed by atoms with Gasteiger partial charge in [-0.1, -0.05) is 0 Å². The molecule has 1 aliphatic rings. The van der Waals surface area contributed by atoms with Gasteiger partial charge >= 0.3 is 6.09 Å². The van der Waals surface area contributed by atoms with Crippen molar-refractivity contribution in [2.75, 3.05) is 18.0 Å². The van der Waals surface area contributed by atoms with Crippen LogP contribution in [0.15, 0.2) is 10.9 Å². The summed E-state index contributed by atoms with van der Waals surface area (Å²) < 4.78 is 8.82. The van der Waals surface area contributed by atoms with Crippen molar-refractivity contribution < 1.29 is 14.3 Å². The molecule has 164 valence electrons. The number of aromatic nitrogens is 3. The molecule has 0 spiro atoms. The highest BCUT2D eigenvalue weighted by Crippen LogP contribution is 2.30. The number of anilines is 1. The van der Waals surface area contributed by atoms with Crippen molar-refractivity contribution in [3.05, 3.63) is 22.2 Å². The molecule has 9 heteroatoms. The number of aldehydes is 1. The second-order valence-electron chi connectivity index (χ2n) is 8.91. The molecule has 0 aromatic carbocycles. The van der Waals surface area contributed by atoms with Crippen LogP contribution in [0.3, 0.4) is 0 Å².